The average Bonchev–Trinajstić information content (AvgIpc) is 2.38. The molecule has 0 radical (unpaired) electrons. The highest BCUT2D eigenvalue weighted by Crippen LogP contribution is 2.26. The van der Waals surface area contributed by atoms with Gasteiger partial charge in [-0.1, -0.05) is 28.1 Å². The zero-order valence-corrected chi connectivity index (χ0v) is 12.3. The van der Waals surface area contributed by atoms with Crippen molar-refractivity contribution in [1.82, 2.24) is 0 Å². The molecule has 0 heterocycles. The van der Waals surface area contributed by atoms with Gasteiger partial charge in [0.2, 0.25) is 0 Å². The summed E-state index contributed by atoms with van der Waals surface area (Å²) < 4.78 is 14.3. The van der Waals surface area contributed by atoms with Crippen LogP contribution < -0.4 is 10.6 Å². The van der Waals surface area contributed by atoms with E-state index in [-0.39, 0.29) is 5.82 Å². The lowest BCUT2D eigenvalue weighted by molar-refractivity contribution is 0.626. The van der Waals surface area contributed by atoms with Crippen molar-refractivity contribution in [1.29, 1.82) is 0 Å². The third-order valence-electron chi connectivity index (χ3n) is 3.06. The highest BCUT2D eigenvalue weighted by molar-refractivity contribution is 9.10. The summed E-state index contributed by atoms with van der Waals surface area (Å²) in [6.45, 7) is 3.47. The van der Waals surface area contributed by atoms with Gasteiger partial charge in [-0.15, -0.1) is 0 Å². The third kappa shape index (κ3) is 3.26. The maximum Gasteiger partial charge on any atom is 0.125 e. The van der Waals surface area contributed by atoms with E-state index in [2.05, 4.69) is 20.8 Å². The summed E-state index contributed by atoms with van der Waals surface area (Å²) >= 11 is 3.51. The van der Waals surface area contributed by atoms with Gasteiger partial charge in [0.1, 0.15) is 5.82 Å². The van der Waals surface area contributed by atoms with Crippen molar-refractivity contribution in [2.45, 2.75) is 13.5 Å². The lowest BCUT2D eigenvalue weighted by atomic mass is 10.1. The monoisotopic (exact) mass is 322 g/mol. The van der Waals surface area contributed by atoms with Crippen LogP contribution in [-0.2, 0) is 6.54 Å². The fraction of sp³-hybridized carbons (Fsp3) is 0.200. The van der Waals surface area contributed by atoms with E-state index >= 15 is 0 Å². The van der Waals surface area contributed by atoms with E-state index in [1.807, 2.05) is 31.2 Å². The Morgan fingerprint density at radius 3 is 2.58 bits per heavy atom. The Morgan fingerprint density at radius 2 is 1.95 bits per heavy atom. The van der Waals surface area contributed by atoms with E-state index < -0.39 is 0 Å². The molecule has 0 atom stereocenters. The minimum Gasteiger partial charge on any atom is -0.398 e. The summed E-state index contributed by atoms with van der Waals surface area (Å²) in [7, 11) is 0. The van der Waals surface area contributed by atoms with Crippen LogP contribution in [0, 0.1) is 5.82 Å². The molecule has 2 N–H and O–H groups in total. The molecule has 0 fully saturated rings. The lowest BCUT2D eigenvalue weighted by Crippen LogP contribution is -2.23. The molecule has 2 rings (SSSR count). The zero-order valence-electron chi connectivity index (χ0n) is 10.7. The molecule has 0 unspecified atom stereocenters. The first-order valence-electron chi connectivity index (χ1n) is 6.15. The number of nitrogens with two attached hydrogens (primary N) is 1. The van der Waals surface area contributed by atoms with Crippen LogP contribution in [-0.4, -0.2) is 6.54 Å². The van der Waals surface area contributed by atoms with Crippen molar-refractivity contribution < 1.29 is 4.39 Å². The Morgan fingerprint density at radius 1 is 1.21 bits per heavy atom. The minimum atomic E-state index is -0.226. The molecule has 0 aliphatic carbocycles. The molecule has 0 aliphatic heterocycles. The minimum absolute atomic E-state index is 0.226. The molecule has 0 amide bonds. The van der Waals surface area contributed by atoms with Crippen molar-refractivity contribution in [2.24, 2.45) is 0 Å². The van der Waals surface area contributed by atoms with Gasteiger partial charge in [0.05, 0.1) is 0 Å². The van der Waals surface area contributed by atoms with Gasteiger partial charge >= 0.3 is 0 Å². The van der Waals surface area contributed by atoms with Crippen LogP contribution in [0.1, 0.15) is 12.5 Å². The molecule has 0 saturated heterocycles. The summed E-state index contributed by atoms with van der Waals surface area (Å²) in [6, 6.07) is 12.4. The second-order valence-electron chi connectivity index (χ2n) is 4.30. The molecular formula is C15H16BrFN2. The number of halogens is 2. The number of benzene rings is 2. The fourth-order valence-electron chi connectivity index (χ4n) is 1.99. The molecule has 0 saturated carbocycles. The Balaban J connectivity index is 2.29. The molecule has 0 spiro atoms. The quantitative estimate of drug-likeness (QED) is 0.855. The number of anilines is 2. The SMILES string of the molecule is CCN(Cc1c(N)cccc1Br)c1cccc(F)c1. The van der Waals surface area contributed by atoms with Crippen molar-refractivity contribution >= 4 is 27.3 Å². The second-order valence-corrected chi connectivity index (χ2v) is 5.16. The van der Waals surface area contributed by atoms with Gasteiger partial charge in [-0.3, -0.25) is 0 Å². The standard InChI is InChI=1S/C15H16BrFN2/c1-2-19(12-6-3-5-11(17)9-12)10-13-14(16)7-4-8-15(13)18/h3-9H,2,10,18H2,1H3. The topological polar surface area (TPSA) is 29.3 Å². The van der Waals surface area contributed by atoms with Gasteiger partial charge in [0, 0.05) is 34.5 Å². The first kappa shape index (κ1) is 13.9. The highest BCUT2D eigenvalue weighted by atomic mass is 79.9. The van der Waals surface area contributed by atoms with Crippen LogP contribution in [0.15, 0.2) is 46.9 Å². The van der Waals surface area contributed by atoms with Crippen LogP contribution >= 0.6 is 15.9 Å². The number of hydrogen-bond acceptors (Lipinski definition) is 2. The highest BCUT2D eigenvalue weighted by Gasteiger charge is 2.10. The predicted octanol–water partition coefficient (Wildman–Crippen LogP) is 4.20. The third-order valence-corrected chi connectivity index (χ3v) is 3.80. The first-order valence-corrected chi connectivity index (χ1v) is 6.94. The van der Waals surface area contributed by atoms with E-state index in [9.17, 15) is 4.39 Å². The number of hydrogen-bond donors (Lipinski definition) is 1. The van der Waals surface area contributed by atoms with Gasteiger partial charge in [-0.25, -0.2) is 4.39 Å². The largest absolute Gasteiger partial charge is 0.398 e. The van der Waals surface area contributed by atoms with Gasteiger partial charge < -0.3 is 10.6 Å². The zero-order chi connectivity index (χ0) is 13.8. The van der Waals surface area contributed by atoms with Crippen LogP contribution in [0.25, 0.3) is 0 Å². The summed E-state index contributed by atoms with van der Waals surface area (Å²) in [5.74, 6) is -0.226. The van der Waals surface area contributed by atoms with Crippen LogP contribution in [0.2, 0.25) is 0 Å². The molecular weight excluding hydrogens is 307 g/mol. The Hall–Kier alpha value is -1.55. The normalized spacial score (nSPS) is 10.5. The first-order chi connectivity index (χ1) is 9.11. The van der Waals surface area contributed by atoms with E-state index in [4.69, 9.17) is 5.73 Å². The molecule has 19 heavy (non-hydrogen) atoms. The van der Waals surface area contributed by atoms with Gasteiger partial charge in [-0.05, 0) is 37.3 Å². The van der Waals surface area contributed by atoms with E-state index in [1.165, 1.54) is 12.1 Å². The van der Waals surface area contributed by atoms with Crippen LogP contribution in [0.4, 0.5) is 15.8 Å². The van der Waals surface area contributed by atoms with Gasteiger partial charge in [0.25, 0.3) is 0 Å². The van der Waals surface area contributed by atoms with Crippen molar-refractivity contribution in [3.05, 3.63) is 58.3 Å². The summed E-state index contributed by atoms with van der Waals surface area (Å²) in [6.07, 6.45) is 0. The summed E-state index contributed by atoms with van der Waals surface area (Å²) in [5.41, 5.74) is 8.62. The fourth-order valence-corrected chi connectivity index (χ4v) is 2.50. The molecule has 2 aromatic rings. The molecule has 0 aromatic heterocycles. The van der Waals surface area contributed by atoms with Crippen LogP contribution in [0.3, 0.4) is 0 Å². The average molecular weight is 323 g/mol. The van der Waals surface area contributed by atoms with Gasteiger partial charge in [-0.2, -0.15) is 0 Å². The maximum absolute atomic E-state index is 13.3. The van der Waals surface area contributed by atoms with Crippen LogP contribution in [0.5, 0.6) is 0 Å². The molecule has 2 aromatic carbocycles. The van der Waals surface area contributed by atoms with Gasteiger partial charge in [0.15, 0.2) is 0 Å². The van der Waals surface area contributed by atoms with Crippen molar-refractivity contribution in [2.75, 3.05) is 17.2 Å². The Labute approximate surface area is 121 Å². The second kappa shape index (κ2) is 6.06. The number of nitrogens with zero attached hydrogens (tertiary/aromatic N) is 1. The van der Waals surface area contributed by atoms with E-state index in [0.29, 0.717) is 6.54 Å². The molecule has 0 aliphatic rings. The van der Waals surface area contributed by atoms with E-state index in [1.54, 1.807) is 6.07 Å². The number of rotatable bonds is 4. The molecule has 4 heteroatoms. The van der Waals surface area contributed by atoms with E-state index in [0.717, 1.165) is 28.0 Å². The molecule has 2 nitrogen and oxygen atoms in total. The summed E-state index contributed by atoms with van der Waals surface area (Å²) in [5, 5.41) is 0. The lowest BCUT2D eigenvalue weighted by Gasteiger charge is -2.24. The van der Waals surface area contributed by atoms with Crippen molar-refractivity contribution in [3.8, 4) is 0 Å². The Kier molecular flexibility index (Phi) is 4.43. The summed E-state index contributed by atoms with van der Waals surface area (Å²) in [4.78, 5) is 2.08. The number of nitrogen functional groups attached to an aromatic ring is 1. The Bertz CT molecular complexity index is 552. The molecule has 100 valence electrons. The maximum atomic E-state index is 13.3. The van der Waals surface area contributed by atoms with Crippen molar-refractivity contribution in [3.63, 3.8) is 0 Å². The molecule has 0 bridgehead atoms. The predicted molar refractivity (Wildman–Crippen MR) is 81.7 cm³/mol. The smallest absolute Gasteiger partial charge is 0.125 e.